The monoisotopic (exact) mass is 458 g/mol. The van der Waals surface area contributed by atoms with Crippen LogP contribution in [-0.4, -0.2) is 81.2 Å². The number of hydrogen-bond donors (Lipinski definition) is 1. The van der Waals surface area contributed by atoms with Crippen molar-refractivity contribution in [2.24, 2.45) is 0 Å². The van der Waals surface area contributed by atoms with E-state index in [1.54, 1.807) is 12.1 Å². The van der Waals surface area contributed by atoms with E-state index in [4.69, 9.17) is 0 Å². The Balaban J connectivity index is 1.54. The average molecular weight is 459 g/mol. The third-order valence-electron chi connectivity index (χ3n) is 5.39. The molecule has 2 aromatic carbocycles. The van der Waals surface area contributed by atoms with Gasteiger partial charge < -0.3 is 10.2 Å². The molecule has 1 saturated heterocycles. The predicted molar refractivity (Wildman–Crippen MR) is 124 cm³/mol. The SMILES string of the molecule is Cc1cc(C)cc(C(=O)N2CCN(CC(=O)Nc3cccc(S(=O)(=O)N(C)C)c3)CC2)c1. The molecule has 3 rings (SSSR count). The summed E-state index contributed by atoms with van der Waals surface area (Å²) < 4.78 is 25.7. The third-order valence-corrected chi connectivity index (χ3v) is 7.20. The number of nitrogens with one attached hydrogen (secondary N) is 1. The van der Waals surface area contributed by atoms with Crippen molar-refractivity contribution in [1.29, 1.82) is 0 Å². The molecular weight excluding hydrogens is 428 g/mol. The minimum atomic E-state index is -3.57. The maximum Gasteiger partial charge on any atom is 0.253 e. The Hall–Kier alpha value is -2.75. The van der Waals surface area contributed by atoms with Crippen molar-refractivity contribution in [3.05, 3.63) is 59.2 Å². The molecule has 1 aliphatic rings. The molecule has 0 unspecified atom stereocenters. The van der Waals surface area contributed by atoms with Crippen LogP contribution in [0.2, 0.25) is 0 Å². The number of piperazine rings is 1. The second-order valence-electron chi connectivity index (χ2n) is 8.31. The standard InChI is InChI=1S/C23H30N4O4S/c1-17-12-18(2)14-19(13-17)23(29)27-10-8-26(9-11-27)16-22(28)24-20-6-5-7-21(15-20)32(30,31)25(3)4/h5-7,12-15H,8-11,16H2,1-4H3,(H,24,28). The first-order chi connectivity index (χ1) is 15.1. The number of anilines is 1. The maximum atomic E-state index is 12.8. The summed E-state index contributed by atoms with van der Waals surface area (Å²) in [4.78, 5) is 29.2. The summed E-state index contributed by atoms with van der Waals surface area (Å²) in [5.74, 6) is -0.210. The number of sulfonamides is 1. The lowest BCUT2D eigenvalue weighted by molar-refractivity contribution is -0.117. The summed E-state index contributed by atoms with van der Waals surface area (Å²) >= 11 is 0. The number of nitrogens with zero attached hydrogens (tertiary/aromatic N) is 3. The summed E-state index contributed by atoms with van der Waals surface area (Å²) in [7, 11) is -0.644. The lowest BCUT2D eigenvalue weighted by atomic mass is 10.1. The molecule has 0 radical (unpaired) electrons. The summed E-state index contributed by atoms with van der Waals surface area (Å²) in [6.07, 6.45) is 0. The molecule has 32 heavy (non-hydrogen) atoms. The Morgan fingerprint density at radius 2 is 1.59 bits per heavy atom. The van der Waals surface area contributed by atoms with Crippen molar-refractivity contribution in [1.82, 2.24) is 14.1 Å². The van der Waals surface area contributed by atoms with Crippen LogP contribution in [0.5, 0.6) is 0 Å². The van der Waals surface area contributed by atoms with Gasteiger partial charge in [-0.15, -0.1) is 0 Å². The lowest BCUT2D eigenvalue weighted by Gasteiger charge is -2.34. The number of amides is 2. The highest BCUT2D eigenvalue weighted by atomic mass is 32.2. The molecule has 9 heteroatoms. The zero-order valence-corrected chi connectivity index (χ0v) is 19.8. The molecule has 0 spiro atoms. The molecule has 0 aliphatic carbocycles. The minimum Gasteiger partial charge on any atom is -0.336 e. The highest BCUT2D eigenvalue weighted by molar-refractivity contribution is 7.89. The van der Waals surface area contributed by atoms with Gasteiger partial charge in [-0.05, 0) is 44.2 Å². The maximum absolute atomic E-state index is 12.8. The molecule has 1 fully saturated rings. The molecule has 0 saturated carbocycles. The van der Waals surface area contributed by atoms with Gasteiger partial charge in [0.15, 0.2) is 0 Å². The van der Waals surface area contributed by atoms with Gasteiger partial charge in [-0.25, -0.2) is 12.7 Å². The first kappa shape index (κ1) is 23.9. The normalized spacial score (nSPS) is 15.1. The van der Waals surface area contributed by atoms with E-state index in [0.717, 1.165) is 15.4 Å². The van der Waals surface area contributed by atoms with E-state index in [1.165, 1.54) is 26.2 Å². The number of carbonyl (C=O) groups excluding carboxylic acids is 2. The van der Waals surface area contributed by atoms with Gasteiger partial charge in [0.1, 0.15) is 0 Å². The van der Waals surface area contributed by atoms with E-state index < -0.39 is 10.0 Å². The van der Waals surface area contributed by atoms with Crippen molar-refractivity contribution in [2.45, 2.75) is 18.7 Å². The molecule has 2 amide bonds. The van der Waals surface area contributed by atoms with E-state index in [1.807, 2.05) is 41.8 Å². The fraction of sp³-hybridized carbons (Fsp3) is 0.391. The Morgan fingerprint density at radius 1 is 0.969 bits per heavy atom. The fourth-order valence-corrected chi connectivity index (χ4v) is 4.69. The van der Waals surface area contributed by atoms with Crippen LogP contribution < -0.4 is 5.32 Å². The van der Waals surface area contributed by atoms with Crippen molar-refractivity contribution < 1.29 is 18.0 Å². The molecule has 8 nitrogen and oxygen atoms in total. The van der Waals surface area contributed by atoms with Gasteiger partial charge in [0.05, 0.1) is 11.4 Å². The van der Waals surface area contributed by atoms with E-state index >= 15 is 0 Å². The van der Waals surface area contributed by atoms with E-state index in [0.29, 0.717) is 37.4 Å². The van der Waals surface area contributed by atoms with Crippen molar-refractivity contribution in [2.75, 3.05) is 52.1 Å². The topological polar surface area (TPSA) is 90.0 Å². The van der Waals surface area contributed by atoms with Gasteiger partial charge in [-0.2, -0.15) is 0 Å². The van der Waals surface area contributed by atoms with Gasteiger partial charge in [0, 0.05) is 51.5 Å². The Kier molecular flexibility index (Phi) is 7.33. The summed E-state index contributed by atoms with van der Waals surface area (Å²) in [5.41, 5.74) is 3.25. The number of carbonyl (C=O) groups is 2. The number of benzene rings is 2. The predicted octanol–water partition coefficient (Wildman–Crippen LogP) is 1.95. The fourth-order valence-electron chi connectivity index (χ4n) is 3.74. The zero-order valence-electron chi connectivity index (χ0n) is 19.0. The van der Waals surface area contributed by atoms with Crippen LogP contribution in [0.15, 0.2) is 47.4 Å². The molecule has 0 aromatic heterocycles. The molecular formula is C23H30N4O4S. The second kappa shape index (κ2) is 9.81. The summed E-state index contributed by atoms with van der Waals surface area (Å²) in [6.45, 7) is 6.43. The third kappa shape index (κ3) is 5.73. The van der Waals surface area contributed by atoms with Crippen LogP contribution in [0.3, 0.4) is 0 Å². The summed E-state index contributed by atoms with van der Waals surface area (Å²) in [5, 5.41) is 2.77. The van der Waals surface area contributed by atoms with Crippen LogP contribution in [-0.2, 0) is 14.8 Å². The molecule has 0 bridgehead atoms. The first-order valence-corrected chi connectivity index (χ1v) is 11.9. The largest absolute Gasteiger partial charge is 0.336 e. The van der Waals surface area contributed by atoms with Crippen molar-refractivity contribution >= 4 is 27.5 Å². The van der Waals surface area contributed by atoms with Crippen LogP contribution in [0.25, 0.3) is 0 Å². The van der Waals surface area contributed by atoms with Gasteiger partial charge in [0.25, 0.3) is 5.91 Å². The Labute approximate surface area is 189 Å². The molecule has 1 N–H and O–H groups in total. The molecule has 1 heterocycles. The second-order valence-corrected chi connectivity index (χ2v) is 10.5. The quantitative estimate of drug-likeness (QED) is 0.715. The number of aryl methyl sites for hydroxylation is 2. The van der Waals surface area contributed by atoms with Crippen LogP contribution in [0.4, 0.5) is 5.69 Å². The molecule has 172 valence electrons. The highest BCUT2D eigenvalue weighted by Gasteiger charge is 2.24. The van der Waals surface area contributed by atoms with Crippen LogP contribution >= 0.6 is 0 Å². The molecule has 2 aromatic rings. The smallest absolute Gasteiger partial charge is 0.253 e. The van der Waals surface area contributed by atoms with E-state index in [-0.39, 0.29) is 23.3 Å². The number of hydrogen-bond acceptors (Lipinski definition) is 5. The zero-order chi connectivity index (χ0) is 23.5. The summed E-state index contributed by atoms with van der Waals surface area (Å²) in [6, 6.07) is 12.1. The van der Waals surface area contributed by atoms with E-state index in [9.17, 15) is 18.0 Å². The van der Waals surface area contributed by atoms with Crippen molar-refractivity contribution in [3.8, 4) is 0 Å². The van der Waals surface area contributed by atoms with Gasteiger partial charge in [0.2, 0.25) is 15.9 Å². The number of rotatable bonds is 6. The van der Waals surface area contributed by atoms with Gasteiger partial charge >= 0.3 is 0 Å². The first-order valence-electron chi connectivity index (χ1n) is 10.5. The Morgan fingerprint density at radius 3 is 2.19 bits per heavy atom. The van der Waals surface area contributed by atoms with Gasteiger partial charge in [-0.3, -0.25) is 14.5 Å². The highest BCUT2D eigenvalue weighted by Crippen LogP contribution is 2.18. The molecule has 1 aliphatic heterocycles. The average Bonchev–Trinajstić information content (AvgIpc) is 2.73. The van der Waals surface area contributed by atoms with Crippen LogP contribution in [0.1, 0.15) is 21.5 Å². The Bertz CT molecular complexity index is 1090. The van der Waals surface area contributed by atoms with Crippen LogP contribution in [0, 0.1) is 13.8 Å². The molecule has 0 atom stereocenters. The van der Waals surface area contributed by atoms with Gasteiger partial charge in [-0.1, -0.05) is 23.3 Å². The van der Waals surface area contributed by atoms with E-state index in [2.05, 4.69) is 5.32 Å². The lowest BCUT2D eigenvalue weighted by Crippen LogP contribution is -2.50. The minimum absolute atomic E-state index is 0.0137. The van der Waals surface area contributed by atoms with Crippen molar-refractivity contribution in [3.63, 3.8) is 0 Å².